The molecule has 1 unspecified atom stereocenters. The summed E-state index contributed by atoms with van der Waals surface area (Å²) in [4.78, 5) is 11.8. The molecule has 0 spiro atoms. The molecule has 0 fully saturated rings. The molecular formula is C14H15BrO3. The van der Waals surface area contributed by atoms with Gasteiger partial charge >= 0.3 is 5.97 Å². The molecule has 0 saturated carbocycles. The maximum atomic E-state index is 11.8. The van der Waals surface area contributed by atoms with Crippen LogP contribution in [-0.2, 0) is 9.53 Å². The average Bonchev–Trinajstić information content (AvgIpc) is 2.36. The molecule has 1 aromatic carbocycles. The lowest BCUT2D eigenvalue weighted by Gasteiger charge is -2.21. The Labute approximate surface area is 115 Å². The van der Waals surface area contributed by atoms with E-state index in [0.29, 0.717) is 10.9 Å². The van der Waals surface area contributed by atoms with Crippen molar-refractivity contribution in [2.75, 3.05) is 5.33 Å². The smallest absolute Gasteiger partial charge is 0.341 e. The monoisotopic (exact) mass is 310 g/mol. The molecule has 0 saturated heterocycles. The topological polar surface area (TPSA) is 46.5 Å². The lowest BCUT2D eigenvalue weighted by atomic mass is 10.1. The van der Waals surface area contributed by atoms with Crippen LogP contribution in [0.25, 0.3) is 0 Å². The maximum Gasteiger partial charge on any atom is 0.341 e. The normalized spacial score (nSPS) is 12.2. The van der Waals surface area contributed by atoms with Crippen molar-refractivity contribution in [2.45, 2.75) is 25.6 Å². The Morgan fingerprint density at radius 2 is 2.06 bits per heavy atom. The molecule has 1 rings (SSSR count). The van der Waals surface area contributed by atoms with E-state index in [-0.39, 0.29) is 0 Å². The number of carbonyl (C=O) groups is 1. The number of rotatable bonds is 3. The molecule has 0 aromatic heterocycles. The van der Waals surface area contributed by atoms with Gasteiger partial charge in [-0.2, -0.15) is 0 Å². The van der Waals surface area contributed by atoms with Crippen LogP contribution in [-0.4, -0.2) is 22.0 Å². The van der Waals surface area contributed by atoms with Crippen molar-refractivity contribution < 1.29 is 14.6 Å². The second-order valence-corrected chi connectivity index (χ2v) is 4.74. The first-order chi connectivity index (χ1) is 8.46. The molecule has 4 heteroatoms. The summed E-state index contributed by atoms with van der Waals surface area (Å²) < 4.78 is 5.17. The molecular weight excluding hydrogens is 296 g/mol. The highest BCUT2D eigenvalue weighted by atomic mass is 79.9. The Morgan fingerprint density at radius 3 is 2.61 bits per heavy atom. The number of benzene rings is 1. The minimum absolute atomic E-state index is 0.506. The number of ether oxygens (including phenoxy) is 1. The molecule has 1 N–H and O–H groups in total. The van der Waals surface area contributed by atoms with E-state index < -0.39 is 17.7 Å². The lowest BCUT2D eigenvalue weighted by Crippen LogP contribution is -2.29. The van der Waals surface area contributed by atoms with E-state index in [9.17, 15) is 9.90 Å². The second kappa shape index (κ2) is 6.58. The van der Waals surface area contributed by atoms with Gasteiger partial charge in [0.1, 0.15) is 0 Å². The largest absolute Gasteiger partial charge is 0.444 e. The fourth-order valence-corrected chi connectivity index (χ4v) is 1.49. The number of esters is 1. The van der Waals surface area contributed by atoms with Crippen LogP contribution in [0.2, 0.25) is 0 Å². The molecule has 0 aliphatic heterocycles. The first-order valence-electron chi connectivity index (χ1n) is 5.48. The van der Waals surface area contributed by atoms with Crippen LogP contribution >= 0.6 is 15.9 Å². The first-order valence-corrected chi connectivity index (χ1v) is 6.60. The van der Waals surface area contributed by atoms with E-state index in [0.717, 1.165) is 0 Å². The molecule has 0 amide bonds. The number of hydrogen-bond donors (Lipinski definition) is 1. The standard InChI is InChI=1S/C14H15BrO3/c1-14(2,9-6-10-15)18-13(17)12(16)11-7-4-3-5-8-11/h3-5,7-8,12,16H,10H2,1-2H3. The zero-order chi connectivity index (χ0) is 13.6. The van der Waals surface area contributed by atoms with E-state index in [1.54, 1.807) is 38.1 Å². The predicted molar refractivity (Wildman–Crippen MR) is 73.1 cm³/mol. The van der Waals surface area contributed by atoms with Gasteiger partial charge in [-0.05, 0) is 19.4 Å². The number of carbonyl (C=O) groups excluding carboxylic acids is 1. The van der Waals surface area contributed by atoms with Crippen molar-refractivity contribution in [3.8, 4) is 11.8 Å². The Hall–Kier alpha value is -1.31. The van der Waals surface area contributed by atoms with Crippen molar-refractivity contribution in [2.24, 2.45) is 0 Å². The quantitative estimate of drug-likeness (QED) is 0.530. The van der Waals surface area contributed by atoms with Crippen LogP contribution in [0.3, 0.4) is 0 Å². The lowest BCUT2D eigenvalue weighted by molar-refractivity contribution is -0.162. The Balaban J connectivity index is 2.72. The Morgan fingerprint density at radius 1 is 1.44 bits per heavy atom. The van der Waals surface area contributed by atoms with Crippen LogP contribution in [0.1, 0.15) is 25.5 Å². The summed E-state index contributed by atoms with van der Waals surface area (Å²) in [6.45, 7) is 3.36. The molecule has 18 heavy (non-hydrogen) atoms. The molecule has 96 valence electrons. The summed E-state index contributed by atoms with van der Waals surface area (Å²) >= 11 is 3.17. The molecule has 0 radical (unpaired) electrons. The Kier molecular flexibility index (Phi) is 5.39. The van der Waals surface area contributed by atoms with Gasteiger partial charge in [0.25, 0.3) is 0 Å². The molecule has 0 bridgehead atoms. The van der Waals surface area contributed by atoms with E-state index in [1.807, 2.05) is 6.07 Å². The average molecular weight is 311 g/mol. The molecule has 1 aromatic rings. The molecule has 0 aliphatic rings. The first kappa shape index (κ1) is 14.7. The summed E-state index contributed by atoms with van der Waals surface area (Å²) in [6.07, 6.45) is -1.28. The van der Waals surface area contributed by atoms with Crippen LogP contribution < -0.4 is 0 Å². The third kappa shape index (κ3) is 4.52. The maximum absolute atomic E-state index is 11.8. The van der Waals surface area contributed by atoms with Gasteiger partial charge in [-0.25, -0.2) is 4.79 Å². The molecule has 0 heterocycles. The van der Waals surface area contributed by atoms with Crippen molar-refractivity contribution >= 4 is 21.9 Å². The molecule has 0 aliphatic carbocycles. The SMILES string of the molecule is CC(C)(C#CCBr)OC(=O)C(O)c1ccccc1. The van der Waals surface area contributed by atoms with Gasteiger partial charge in [-0.1, -0.05) is 58.1 Å². The van der Waals surface area contributed by atoms with E-state index >= 15 is 0 Å². The van der Waals surface area contributed by atoms with Gasteiger partial charge in [-0.3, -0.25) is 0 Å². The zero-order valence-corrected chi connectivity index (χ0v) is 11.9. The highest BCUT2D eigenvalue weighted by Gasteiger charge is 2.26. The summed E-state index contributed by atoms with van der Waals surface area (Å²) in [5.74, 6) is 4.88. The van der Waals surface area contributed by atoms with Gasteiger partial charge in [0.05, 0.1) is 5.33 Å². The molecule has 1 atom stereocenters. The van der Waals surface area contributed by atoms with Crippen molar-refractivity contribution in [3.63, 3.8) is 0 Å². The fraction of sp³-hybridized carbons (Fsp3) is 0.357. The summed E-state index contributed by atoms with van der Waals surface area (Å²) in [5, 5.41) is 10.4. The van der Waals surface area contributed by atoms with Crippen molar-refractivity contribution in [3.05, 3.63) is 35.9 Å². The summed E-state index contributed by atoms with van der Waals surface area (Å²) in [5.41, 5.74) is -0.410. The second-order valence-electron chi connectivity index (χ2n) is 4.18. The number of aliphatic hydroxyl groups excluding tert-OH is 1. The van der Waals surface area contributed by atoms with E-state index in [4.69, 9.17) is 4.74 Å². The zero-order valence-electron chi connectivity index (χ0n) is 10.3. The van der Waals surface area contributed by atoms with Crippen molar-refractivity contribution in [1.82, 2.24) is 0 Å². The van der Waals surface area contributed by atoms with Crippen LogP contribution in [0, 0.1) is 11.8 Å². The number of aliphatic hydroxyl groups is 1. The fourth-order valence-electron chi connectivity index (χ4n) is 1.35. The third-order valence-electron chi connectivity index (χ3n) is 2.15. The van der Waals surface area contributed by atoms with E-state index in [1.165, 1.54) is 0 Å². The summed E-state index contributed by atoms with van der Waals surface area (Å²) in [6, 6.07) is 8.66. The minimum Gasteiger partial charge on any atom is -0.444 e. The van der Waals surface area contributed by atoms with Gasteiger partial charge < -0.3 is 9.84 Å². The molecule has 3 nitrogen and oxygen atoms in total. The van der Waals surface area contributed by atoms with Crippen LogP contribution in [0.4, 0.5) is 0 Å². The number of alkyl halides is 1. The Bertz CT molecular complexity index is 457. The number of hydrogen-bond acceptors (Lipinski definition) is 3. The van der Waals surface area contributed by atoms with Gasteiger partial charge in [-0.15, -0.1) is 0 Å². The predicted octanol–water partition coefficient (Wildman–Crippen LogP) is 2.44. The highest BCUT2D eigenvalue weighted by Crippen LogP contribution is 2.18. The van der Waals surface area contributed by atoms with Crippen molar-refractivity contribution in [1.29, 1.82) is 0 Å². The minimum atomic E-state index is -1.28. The van der Waals surface area contributed by atoms with E-state index in [2.05, 4.69) is 27.8 Å². The summed E-state index contributed by atoms with van der Waals surface area (Å²) in [7, 11) is 0. The number of halogens is 1. The van der Waals surface area contributed by atoms with Crippen LogP contribution in [0.15, 0.2) is 30.3 Å². The van der Waals surface area contributed by atoms with Gasteiger partial charge in [0.2, 0.25) is 0 Å². The van der Waals surface area contributed by atoms with Gasteiger partial charge in [0, 0.05) is 0 Å². The highest BCUT2D eigenvalue weighted by molar-refractivity contribution is 9.09. The van der Waals surface area contributed by atoms with Crippen LogP contribution in [0.5, 0.6) is 0 Å². The third-order valence-corrected chi connectivity index (χ3v) is 2.43. The van der Waals surface area contributed by atoms with Gasteiger partial charge in [0.15, 0.2) is 11.7 Å².